The zero-order valence-corrected chi connectivity index (χ0v) is 21.4. The summed E-state index contributed by atoms with van der Waals surface area (Å²) >= 11 is 3.40. The molecule has 0 saturated heterocycles. The standard InChI is InChI=1S/C18H35BrN2O3Si2/c1-14(24-26(8,9)18(2,3)4)17-20-16(19)15(12-22)21(17)13-23-10-11-25(5,6)7/h12,14H,10-11,13H2,1-9H3. The van der Waals surface area contributed by atoms with Crippen LogP contribution in [0.4, 0.5) is 0 Å². The molecule has 0 bridgehead atoms. The van der Waals surface area contributed by atoms with E-state index in [9.17, 15) is 4.79 Å². The molecule has 0 aromatic carbocycles. The Kier molecular flexibility index (Phi) is 8.05. The molecule has 150 valence electrons. The van der Waals surface area contributed by atoms with Crippen molar-refractivity contribution in [1.82, 2.24) is 9.55 Å². The summed E-state index contributed by atoms with van der Waals surface area (Å²) in [7, 11) is -3.10. The molecule has 0 aliphatic heterocycles. The Hall–Kier alpha value is -0.286. The summed E-state index contributed by atoms with van der Waals surface area (Å²) in [5.41, 5.74) is 0.499. The highest BCUT2D eigenvalue weighted by atomic mass is 79.9. The van der Waals surface area contributed by atoms with Crippen molar-refractivity contribution in [1.29, 1.82) is 0 Å². The Labute approximate surface area is 169 Å². The summed E-state index contributed by atoms with van der Waals surface area (Å²) in [6.07, 6.45) is 0.614. The first-order valence-electron chi connectivity index (χ1n) is 9.16. The molecule has 0 spiro atoms. The van der Waals surface area contributed by atoms with E-state index in [0.29, 0.717) is 23.6 Å². The molecule has 1 heterocycles. The Morgan fingerprint density at radius 1 is 1.23 bits per heavy atom. The molecular weight excluding hydrogens is 428 g/mol. The molecule has 1 atom stereocenters. The number of imidazole rings is 1. The van der Waals surface area contributed by atoms with Crippen LogP contribution in [-0.2, 0) is 15.9 Å². The number of ether oxygens (including phenoxy) is 1. The van der Waals surface area contributed by atoms with Crippen molar-refractivity contribution >= 4 is 38.6 Å². The smallest absolute Gasteiger partial charge is 0.193 e. The van der Waals surface area contributed by atoms with E-state index in [4.69, 9.17) is 9.16 Å². The zero-order valence-electron chi connectivity index (χ0n) is 17.8. The second-order valence-corrected chi connectivity index (χ2v) is 20.7. The van der Waals surface area contributed by atoms with E-state index in [1.54, 1.807) is 0 Å². The molecule has 1 aromatic heterocycles. The maximum absolute atomic E-state index is 11.5. The van der Waals surface area contributed by atoms with Crippen LogP contribution in [0.25, 0.3) is 0 Å². The molecule has 0 N–H and O–H groups in total. The van der Waals surface area contributed by atoms with Crippen LogP contribution in [0.15, 0.2) is 4.60 Å². The van der Waals surface area contributed by atoms with Gasteiger partial charge in [0.2, 0.25) is 0 Å². The van der Waals surface area contributed by atoms with Crippen LogP contribution in [0, 0.1) is 0 Å². The summed E-state index contributed by atoms with van der Waals surface area (Å²) in [4.78, 5) is 16.1. The van der Waals surface area contributed by atoms with Gasteiger partial charge in [-0.25, -0.2) is 4.98 Å². The molecule has 26 heavy (non-hydrogen) atoms. The Balaban J connectivity index is 2.99. The molecule has 0 aliphatic carbocycles. The number of nitrogens with zero attached hydrogens (tertiary/aromatic N) is 2. The van der Waals surface area contributed by atoms with E-state index < -0.39 is 16.4 Å². The van der Waals surface area contributed by atoms with Gasteiger partial charge in [-0.1, -0.05) is 40.4 Å². The number of halogens is 1. The fourth-order valence-corrected chi connectivity index (χ4v) is 4.81. The fraction of sp³-hybridized carbons (Fsp3) is 0.778. The number of carbonyl (C=O) groups excluding carboxylic acids is 1. The largest absolute Gasteiger partial charge is 0.407 e. The van der Waals surface area contributed by atoms with Crippen LogP contribution >= 0.6 is 15.9 Å². The van der Waals surface area contributed by atoms with Gasteiger partial charge in [-0.15, -0.1) is 0 Å². The van der Waals surface area contributed by atoms with E-state index in [0.717, 1.165) is 18.2 Å². The molecule has 0 amide bonds. The van der Waals surface area contributed by atoms with Crippen molar-refractivity contribution in [3.63, 3.8) is 0 Å². The Bertz CT molecular complexity index is 619. The van der Waals surface area contributed by atoms with Gasteiger partial charge < -0.3 is 9.16 Å². The van der Waals surface area contributed by atoms with Crippen LogP contribution in [0.2, 0.25) is 43.8 Å². The van der Waals surface area contributed by atoms with Crippen molar-refractivity contribution in [3.05, 3.63) is 16.1 Å². The topological polar surface area (TPSA) is 53.3 Å². The first-order chi connectivity index (χ1) is 11.7. The lowest BCUT2D eigenvalue weighted by molar-refractivity contribution is 0.0749. The van der Waals surface area contributed by atoms with E-state index >= 15 is 0 Å². The van der Waals surface area contributed by atoms with E-state index in [-0.39, 0.29) is 11.1 Å². The molecule has 1 aromatic rings. The zero-order chi connectivity index (χ0) is 20.3. The number of carbonyl (C=O) groups is 1. The summed E-state index contributed by atoms with van der Waals surface area (Å²) in [5, 5.41) is 0.108. The highest BCUT2D eigenvalue weighted by molar-refractivity contribution is 9.10. The number of hydrogen-bond acceptors (Lipinski definition) is 4. The van der Waals surface area contributed by atoms with E-state index in [1.807, 2.05) is 11.5 Å². The maximum Gasteiger partial charge on any atom is 0.193 e. The number of aromatic nitrogens is 2. The first kappa shape index (κ1) is 23.8. The third-order valence-electron chi connectivity index (χ3n) is 4.96. The summed E-state index contributed by atoms with van der Waals surface area (Å²) < 4.78 is 14.7. The molecule has 5 nitrogen and oxygen atoms in total. The van der Waals surface area contributed by atoms with Gasteiger partial charge in [0, 0.05) is 14.7 Å². The van der Waals surface area contributed by atoms with Gasteiger partial charge >= 0.3 is 0 Å². The lowest BCUT2D eigenvalue weighted by Crippen LogP contribution is -2.41. The molecule has 0 radical (unpaired) electrons. The van der Waals surface area contributed by atoms with Gasteiger partial charge in [0.05, 0.1) is 0 Å². The average molecular weight is 464 g/mol. The minimum absolute atomic E-state index is 0.108. The third-order valence-corrected chi connectivity index (χ3v) is 11.8. The van der Waals surface area contributed by atoms with Crippen LogP contribution in [0.5, 0.6) is 0 Å². The van der Waals surface area contributed by atoms with Crippen molar-refractivity contribution in [2.75, 3.05) is 6.61 Å². The van der Waals surface area contributed by atoms with Gasteiger partial charge in [0.25, 0.3) is 0 Å². The first-order valence-corrected chi connectivity index (χ1v) is 16.6. The van der Waals surface area contributed by atoms with Crippen molar-refractivity contribution in [2.24, 2.45) is 0 Å². The number of hydrogen-bond donors (Lipinski definition) is 0. The fourth-order valence-electron chi connectivity index (χ4n) is 2.22. The Morgan fingerprint density at radius 3 is 2.27 bits per heavy atom. The molecule has 1 unspecified atom stereocenters. The van der Waals surface area contributed by atoms with Crippen LogP contribution in [0.1, 0.15) is 50.1 Å². The molecule has 8 heteroatoms. The minimum Gasteiger partial charge on any atom is -0.407 e. The van der Waals surface area contributed by atoms with Crippen molar-refractivity contribution in [2.45, 2.75) is 84.3 Å². The normalized spacial score (nSPS) is 14.5. The molecule has 0 fully saturated rings. The molecule has 0 aliphatic rings. The second kappa shape index (κ2) is 8.81. The average Bonchev–Trinajstić information content (AvgIpc) is 2.77. The van der Waals surface area contributed by atoms with E-state index in [2.05, 4.69) is 74.4 Å². The second-order valence-electron chi connectivity index (χ2n) is 9.56. The third kappa shape index (κ3) is 6.40. The van der Waals surface area contributed by atoms with Crippen molar-refractivity contribution < 1.29 is 14.0 Å². The lowest BCUT2D eigenvalue weighted by Gasteiger charge is -2.38. The Morgan fingerprint density at radius 2 is 1.81 bits per heavy atom. The van der Waals surface area contributed by atoms with Crippen molar-refractivity contribution in [3.8, 4) is 0 Å². The van der Waals surface area contributed by atoms with E-state index in [1.165, 1.54) is 0 Å². The summed E-state index contributed by atoms with van der Waals surface area (Å²) in [6, 6.07) is 1.09. The van der Waals surface area contributed by atoms with Crippen LogP contribution < -0.4 is 0 Å². The predicted molar refractivity (Wildman–Crippen MR) is 116 cm³/mol. The molecule has 0 saturated carbocycles. The maximum atomic E-state index is 11.5. The van der Waals surface area contributed by atoms with Gasteiger partial charge in [0.15, 0.2) is 14.6 Å². The number of aldehydes is 1. The number of rotatable bonds is 9. The minimum atomic E-state index is -1.95. The SMILES string of the molecule is CC(O[Si](C)(C)C(C)(C)C)c1nc(Br)c(C=O)n1COCC[Si](C)(C)C. The van der Waals surface area contributed by atoms with Crippen LogP contribution in [0.3, 0.4) is 0 Å². The quantitative estimate of drug-likeness (QED) is 0.262. The summed E-state index contributed by atoms with van der Waals surface area (Å²) in [6.45, 7) is 21.1. The van der Waals surface area contributed by atoms with Gasteiger partial charge in [-0.05, 0) is 47.0 Å². The highest BCUT2D eigenvalue weighted by Gasteiger charge is 2.39. The predicted octanol–water partition coefficient (Wildman–Crippen LogP) is 5.85. The monoisotopic (exact) mass is 462 g/mol. The van der Waals surface area contributed by atoms with Gasteiger partial charge in [0.1, 0.15) is 29.0 Å². The van der Waals surface area contributed by atoms with Gasteiger partial charge in [-0.3, -0.25) is 9.36 Å². The van der Waals surface area contributed by atoms with Crippen LogP contribution in [-0.4, -0.2) is 38.8 Å². The molecular formula is C18H35BrN2O3Si2. The summed E-state index contributed by atoms with van der Waals surface area (Å²) in [5.74, 6) is 0.733. The lowest BCUT2D eigenvalue weighted by atomic mass is 10.2. The molecule has 1 rings (SSSR count). The highest BCUT2D eigenvalue weighted by Crippen LogP contribution is 2.39. The van der Waals surface area contributed by atoms with Gasteiger partial charge in [-0.2, -0.15) is 0 Å².